The molecule has 1 heterocycles. The Labute approximate surface area is 141 Å². The average Bonchev–Trinajstić information content (AvgIpc) is 2.99. The molecule has 2 aromatic rings. The molecule has 24 heavy (non-hydrogen) atoms. The molecule has 0 aliphatic rings. The van der Waals surface area contributed by atoms with Gasteiger partial charge in [-0.25, -0.2) is 14.2 Å². The SMILES string of the molecule is Cc1csc([C@@H](C#N)C(=O)COC(=O)COc2ccccc2F)n1. The molecule has 1 aromatic carbocycles. The van der Waals surface area contributed by atoms with Crippen LogP contribution in [0.4, 0.5) is 4.39 Å². The lowest BCUT2D eigenvalue weighted by molar-refractivity contribution is -0.150. The normalized spacial score (nSPS) is 11.4. The Hall–Kier alpha value is -2.79. The number of thiazole rings is 1. The number of aromatic nitrogens is 1. The highest BCUT2D eigenvalue weighted by Gasteiger charge is 2.24. The van der Waals surface area contributed by atoms with E-state index in [9.17, 15) is 14.0 Å². The number of hydrogen-bond donors (Lipinski definition) is 0. The van der Waals surface area contributed by atoms with Crippen molar-refractivity contribution in [1.82, 2.24) is 4.98 Å². The van der Waals surface area contributed by atoms with E-state index in [0.717, 1.165) is 0 Å². The van der Waals surface area contributed by atoms with Crippen LogP contribution in [0.3, 0.4) is 0 Å². The molecule has 0 aliphatic carbocycles. The zero-order valence-electron chi connectivity index (χ0n) is 12.7. The highest BCUT2D eigenvalue weighted by atomic mass is 32.1. The van der Waals surface area contributed by atoms with Gasteiger partial charge in [-0.3, -0.25) is 4.79 Å². The van der Waals surface area contributed by atoms with Gasteiger partial charge in [0.15, 0.2) is 36.5 Å². The third-order valence-corrected chi connectivity index (χ3v) is 3.92. The molecule has 0 saturated heterocycles. The predicted molar refractivity (Wildman–Crippen MR) is 83.1 cm³/mol. The topological polar surface area (TPSA) is 89.3 Å². The number of Topliss-reactive ketones (excluding diaryl/α,β-unsaturated/α-hetero) is 1. The summed E-state index contributed by atoms with van der Waals surface area (Å²) >= 11 is 1.19. The van der Waals surface area contributed by atoms with Gasteiger partial charge in [-0.1, -0.05) is 12.1 Å². The van der Waals surface area contributed by atoms with Gasteiger partial charge in [-0.2, -0.15) is 5.26 Å². The van der Waals surface area contributed by atoms with Crippen LogP contribution in [0.25, 0.3) is 0 Å². The highest BCUT2D eigenvalue weighted by molar-refractivity contribution is 7.09. The van der Waals surface area contributed by atoms with Crippen molar-refractivity contribution >= 4 is 23.1 Å². The number of aryl methyl sites for hydroxylation is 1. The van der Waals surface area contributed by atoms with E-state index < -0.39 is 36.7 Å². The second kappa shape index (κ2) is 8.17. The standard InChI is InChI=1S/C16H13FN2O4S/c1-10-9-24-16(19-10)11(6-18)13(20)7-23-15(21)8-22-14-5-3-2-4-12(14)17/h2-5,9,11H,7-8H2,1H3/t11-/m0/s1. The molecule has 0 aliphatic heterocycles. The van der Waals surface area contributed by atoms with E-state index in [4.69, 9.17) is 14.7 Å². The Morgan fingerprint density at radius 1 is 1.38 bits per heavy atom. The number of ether oxygens (including phenoxy) is 2. The zero-order chi connectivity index (χ0) is 17.5. The molecule has 0 spiro atoms. The fourth-order valence-corrected chi connectivity index (χ4v) is 2.61. The van der Waals surface area contributed by atoms with Crippen LogP contribution in [0.5, 0.6) is 5.75 Å². The highest BCUT2D eigenvalue weighted by Crippen LogP contribution is 2.20. The van der Waals surface area contributed by atoms with Crippen LogP contribution in [0.15, 0.2) is 29.6 Å². The summed E-state index contributed by atoms with van der Waals surface area (Å²) < 4.78 is 23.1. The van der Waals surface area contributed by atoms with Crippen LogP contribution >= 0.6 is 11.3 Å². The first-order valence-electron chi connectivity index (χ1n) is 6.88. The fourth-order valence-electron chi connectivity index (χ4n) is 1.74. The van der Waals surface area contributed by atoms with E-state index in [1.165, 1.54) is 29.5 Å². The van der Waals surface area contributed by atoms with Crippen LogP contribution in [0, 0.1) is 24.1 Å². The minimum absolute atomic E-state index is 0.0889. The molecule has 0 unspecified atom stereocenters. The second-order valence-corrected chi connectivity index (χ2v) is 5.63. The van der Waals surface area contributed by atoms with Gasteiger partial charge in [-0.15, -0.1) is 11.3 Å². The fraction of sp³-hybridized carbons (Fsp3) is 0.250. The first-order chi connectivity index (χ1) is 11.5. The van der Waals surface area contributed by atoms with Gasteiger partial charge >= 0.3 is 5.97 Å². The van der Waals surface area contributed by atoms with Crippen LogP contribution in [-0.2, 0) is 14.3 Å². The number of nitriles is 1. The molecule has 0 fully saturated rings. The van der Waals surface area contributed by atoms with E-state index >= 15 is 0 Å². The Morgan fingerprint density at radius 2 is 2.12 bits per heavy atom. The monoisotopic (exact) mass is 348 g/mol. The quantitative estimate of drug-likeness (QED) is 0.714. The van der Waals surface area contributed by atoms with Crippen molar-refractivity contribution in [2.75, 3.05) is 13.2 Å². The molecule has 1 aromatic heterocycles. The summed E-state index contributed by atoms with van der Waals surface area (Å²) in [6, 6.07) is 7.45. The number of hydrogen-bond acceptors (Lipinski definition) is 7. The van der Waals surface area contributed by atoms with Crippen molar-refractivity contribution in [3.63, 3.8) is 0 Å². The lowest BCUT2D eigenvalue weighted by Gasteiger charge is -2.08. The number of carbonyl (C=O) groups excluding carboxylic acids is 2. The lowest BCUT2D eigenvalue weighted by Crippen LogP contribution is -2.23. The van der Waals surface area contributed by atoms with Gasteiger partial charge in [0.1, 0.15) is 5.01 Å². The molecule has 6 nitrogen and oxygen atoms in total. The van der Waals surface area contributed by atoms with Gasteiger partial charge in [-0.05, 0) is 19.1 Å². The molecule has 124 valence electrons. The zero-order valence-corrected chi connectivity index (χ0v) is 13.5. The molecule has 0 N–H and O–H groups in total. The third-order valence-electron chi connectivity index (χ3n) is 2.89. The Bertz CT molecular complexity index is 784. The Balaban J connectivity index is 1.83. The molecule has 0 bridgehead atoms. The van der Waals surface area contributed by atoms with Crippen LogP contribution in [0.1, 0.15) is 16.6 Å². The average molecular weight is 348 g/mol. The van der Waals surface area contributed by atoms with Gasteiger partial charge in [0.2, 0.25) is 0 Å². The van der Waals surface area contributed by atoms with Gasteiger partial charge in [0.05, 0.1) is 6.07 Å². The Morgan fingerprint density at radius 3 is 2.75 bits per heavy atom. The summed E-state index contributed by atoms with van der Waals surface area (Å²) in [5, 5.41) is 11.2. The summed E-state index contributed by atoms with van der Waals surface area (Å²) in [6.07, 6.45) is 0. The molecule has 0 radical (unpaired) electrons. The van der Waals surface area contributed by atoms with Crippen molar-refractivity contribution in [1.29, 1.82) is 5.26 Å². The molecule has 0 amide bonds. The first kappa shape index (κ1) is 17.6. The van der Waals surface area contributed by atoms with E-state index in [0.29, 0.717) is 10.7 Å². The summed E-state index contributed by atoms with van der Waals surface area (Å²) in [5.74, 6) is -3.19. The van der Waals surface area contributed by atoms with Crippen LogP contribution in [0.2, 0.25) is 0 Å². The molecular weight excluding hydrogens is 335 g/mol. The minimum atomic E-state index is -1.08. The van der Waals surface area contributed by atoms with Crippen molar-refractivity contribution in [2.24, 2.45) is 0 Å². The number of nitrogens with zero attached hydrogens (tertiary/aromatic N) is 2. The summed E-state index contributed by atoms with van der Waals surface area (Å²) in [5.41, 5.74) is 0.707. The number of esters is 1. The summed E-state index contributed by atoms with van der Waals surface area (Å²) in [4.78, 5) is 27.6. The number of para-hydroxylation sites is 1. The number of benzene rings is 1. The minimum Gasteiger partial charge on any atom is -0.479 e. The van der Waals surface area contributed by atoms with E-state index in [2.05, 4.69) is 4.98 Å². The van der Waals surface area contributed by atoms with E-state index in [-0.39, 0.29) is 5.75 Å². The van der Waals surface area contributed by atoms with Crippen LogP contribution < -0.4 is 4.74 Å². The predicted octanol–water partition coefficient (Wildman–Crippen LogP) is 2.39. The van der Waals surface area contributed by atoms with Crippen molar-refractivity contribution in [2.45, 2.75) is 12.8 Å². The maximum atomic E-state index is 13.3. The Kier molecular flexibility index (Phi) is 5.98. The molecule has 8 heteroatoms. The van der Waals surface area contributed by atoms with Crippen molar-refractivity contribution < 1.29 is 23.5 Å². The number of carbonyl (C=O) groups is 2. The maximum Gasteiger partial charge on any atom is 0.344 e. The van der Waals surface area contributed by atoms with E-state index in [1.807, 2.05) is 6.07 Å². The number of rotatable bonds is 7. The largest absolute Gasteiger partial charge is 0.479 e. The number of ketones is 1. The molecule has 0 saturated carbocycles. The lowest BCUT2D eigenvalue weighted by atomic mass is 10.1. The number of halogens is 1. The smallest absolute Gasteiger partial charge is 0.344 e. The molecule has 1 atom stereocenters. The van der Waals surface area contributed by atoms with E-state index in [1.54, 1.807) is 18.4 Å². The van der Waals surface area contributed by atoms with Crippen LogP contribution in [-0.4, -0.2) is 30.0 Å². The summed E-state index contributed by atoms with van der Waals surface area (Å²) in [7, 11) is 0. The summed E-state index contributed by atoms with van der Waals surface area (Å²) in [6.45, 7) is 0.636. The molecule has 2 rings (SSSR count). The first-order valence-corrected chi connectivity index (χ1v) is 7.76. The maximum absolute atomic E-state index is 13.3. The van der Waals surface area contributed by atoms with Gasteiger partial charge in [0.25, 0.3) is 0 Å². The van der Waals surface area contributed by atoms with Crippen molar-refractivity contribution in [3.8, 4) is 11.8 Å². The third kappa shape index (κ3) is 4.60. The van der Waals surface area contributed by atoms with Crippen molar-refractivity contribution in [3.05, 3.63) is 46.2 Å². The second-order valence-electron chi connectivity index (χ2n) is 4.74. The van der Waals surface area contributed by atoms with Gasteiger partial charge < -0.3 is 9.47 Å². The molecular formula is C16H13FN2O4S. The van der Waals surface area contributed by atoms with Gasteiger partial charge in [0, 0.05) is 11.1 Å².